The topological polar surface area (TPSA) is 100 Å². The van der Waals surface area contributed by atoms with Gasteiger partial charge >= 0.3 is 0 Å². The molecule has 38 heavy (non-hydrogen) atoms. The number of nitrogens with zero attached hydrogens (tertiary/aromatic N) is 9. The van der Waals surface area contributed by atoms with Crippen LogP contribution in [-0.4, -0.2) is 72.3 Å². The van der Waals surface area contributed by atoms with Crippen molar-refractivity contribution in [2.24, 2.45) is 7.05 Å². The molecule has 0 spiro atoms. The quantitative estimate of drug-likeness (QED) is 0.367. The number of halogens is 2. The molecular weight excluding hydrogens is 492 g/mol. The van der Waals surface area contributed by atoms with E-state index in [0.29, 0.717) is 32.1 Å². The predicted molar refractivity (Wildman–Crippen MR) is 137 cm³/mol. The number of aromatic nitrogens is 7. The lowest BCUT2D eigenvalue weighted by atomic mass is 9.89. The molecule has 1 fully saturated rings. The summed E-state index contributed by atoms with van der Waals surface area (Å²) in [6.07, 6.45) is 10.1. The molecule has 0 saturated carbocycles. The van der Waals surface area contributed by atoms with Crippen LogP contribution in [-0.2, 0) is 12.6 Å². The first-order valence-corrected chi connectivity index (χ1v) is 12.1. The molecule has 0 amide bonds. The van der Waals surface area contributed by atoms with E-state index < -0.39 is 18.1 Å². The van der Waals surface area contributed by atoms with E-state index in [-0.39, 0.29) is 11.1 Å². The number of rotatable bonds is 6. The van der Waals surface area contributed by atoms with E-state index in [0.717, 1.165) is 22.5 Å². The number of anilines is 2. The molecule has 5 aromatic rings. The highest BCUT2D eigenvalue weighted by Crippen LogP contribution is 2.31. The van der Waals surface area contributed by atoms with Crippen molar-refractivity contribution in [1.82, 2.24) is 34.3 Å². The summed E-state index contributed by atoms with van der Waals surface area (Å²) in [5.41, 5.74) is 1.42. The van der Waals surface area contributed by atoms with Gasteiger partial charge in [-0.1, -0.05) is 12.1 Å². The van der Waals surface area contributed by atoms with Crippen molar-refractivity contribution in [3.05, 3.63) is 84.6 Å². The van der Waals surface area contributed by atoms with Gasteiger partial charge in [0.05, 0.1) is 6.20 Å². The summed E-state index contributed by atoms with van der Waals surface area (Å²) < 4.78 is 30.8. The molecule has 1 saturated heterocycles. The highest BCUT2D eigenvalue weighted by molar-refractivity contribution is 5.77. The van der Waals surface area contributed by atoms with Crippen LogP contribution in [0.25, 0.3) is 16.6 Å². The van der Waals surface area contributed by atoms with Crippen LogP contribution in [0.5, 0.6) is 0 Å². The number of aryl methyl sites for hydroxylation is 1. The summed E-state index contributed by atoms with van der Waals surface area (Å²) in [5, 5.41) is 19.6. The summed E-state index contributed by atoms with van der Waals surface area (Å²) in [4.78, 5) is 17.6. The molecule has 1 aromatic carbocycles. The maximum atomic E-state index is 14.0. The largest absolute Gasteiger partial charge is 0.377 e. The Balaban J connectivity index is 1.17. The van der Waals surface area contributed by atoms with Gasteiger partial charge in [0.15, 0.2) is 5.82 Å². The van der Waals surface area contributed by atoms with Gasteiger partial charge < -0.3 is 14.9 Å². The number of alkyl halides is 1. The molecular formula is C26H25F2N9O. The monoisotopic (exact) mass is 517 g/mol. The number of hydrogen-bond acceptors (Lipinski definition) is 8. The molecule has 12 heteroatoms. The molecule has 0 unspecified atom stereocenters. The van der Waals surface area contributed by atoms with Gasteiger partial charge in [-0.25, -0.2) is 28.2 Å². The van der Waals surface area contributed by atoms with Crippen molar-refractivity contribution in [3.8, 4) is 11.1 Å². The van der Waals surface area contributed by atoms with Crippen LogP contribution in [0.15, 0.2) is 67.6 Å². The van der Waals surface area contributed by atoms with Gasteiger partial charge in [0.1, 0.15) is 29.9 Å². The molecule has 6 rings (SSSR count). The number of fused-ring (bicyclic) bond motifs is 1. The second-order valence-corrected chi connectivity index (χ2v) is 9.29. The first-order chi connectivity index (χ1) is 18.4. The van der Waals surface area contributed by atoms with Crippen LogP contribution in [0.1, 0.15) is 11.1 Å². The maximum Gasteiger partial charge on any atom is 0.225 e. The Labute approximate surface area is 216 Å². The first kappa shape index (κ1) is 23.9. The average Bonchev–Trinajstić information content (AvgIpc) is 3.59. The SMILES string of the molecule is Cn1cc(-c2cc3c(N4CCN(c5ncc([C@@](O)(CF)c6ccc(F)cc6)cn5)CC4)ncnn3c2)cn1. The van der Waals surface area contributed by atoms with Crippen molar-refractivity contribution in [2.45, 2.75) is 5.60 Å². The van der Waals surface area contributed by atoms with Gasteiger partial charge in [-0.15, -0.1) is 0 Å². The van der Waals surface area contributed by atoms with Crippen molar-refractivity contribution >= 4 is 17.3 Å². The fraction of sp³-hybridized carbons (Fsp3) is 0.269. The Morgan fingerprint density at radius 3 is 2.24 bits per heavy atom. The number of benzene rings is 1. The molecule has 0 radical (unpaired) electrons. The summed E-state index contributed by atoms with van der Waals surface area (Å²) in [5.74, 6) is 0.871. The Bertz CT molecular complexity index is 1560. The van der Waals surface area contributed by atoms with Gasteiger partial charge in [-0.05, 0) is 23.8 Å². The maximum absolute atomic E-state index is 14.0. The van der Waals surface area contributed by atoms with Crippen LogP contribution >= 0.6 is 0 Å². The van der Waals surface area contributed by atoms with Gasteiger partial charge in [-0.3, -0.25) is 4.68 Å². The molecule has 1 atom stereocenters. The third-order valence-corrected chi connectivity index (χ3v) is 6.92. The van der Waals surface area contributed by atoms with E-state index in [1.54, 1.807) is 11.0 Å². The fourth-order valence-electron chi connectivity index (χ4n) is 4.75. The minimum Gasteiger partial charge on any atom is -0.377 e. The average molecular weight is 518 g/mol. The van der Waals surface area contributed by atoms with Crippen LogP contribution in [0, 0.1) is 5.82 Å². The number of piperazine rings is 1. The van der Waals surface area contributed by atoms with Crippen LogP contribution in [0.2, 0.25) is 0 Å². The van der Waals surface area contributed by atoms with Gasteiger partial charge in [-0.2, -0.15) is 10.2 Å². The third-order valence-electron chi connectivity index (χ3n) is 6.92. The zero-order valence-corrected chi connectivity index (χ0v) is 20.6. The number of aliphatic hydroxyl groups is 1. The van der Waals surface area contributed by atoms with Crippen molar-refractivity contribution in [2.75, 3.05) is 42.7 Å². The van der Waals surface area contributed by atoms with E-state index in [4.69, 9.17) is 0 Å². The van der Waals surface area contributed by atoms with Gasteiger partial charge in [0.25, 0.3) is 0 Å². The van der Waals surface area contributed by atoms with Gasteiger partial charge in [0, 0.05) is 74.7 Å². The smallest absolute Gasteiger partial charge is 0.225 e. The molecule has 1 aliphatic rings. The Kier molecular flexibility index (Phi) is 5.95. The Morgan fingerprint density at radius 2 is 1.58 bits per heavy atom. The molecule has 4 aromatic heterocycles. The highest BCUT2D eigenvalue weighted by Gasteiger charge is 2.33. The standard InChI is InChI=1S/C26H25F2N9O/c1-34-14-19(11-32-34)18-10-23-24(31-17-33-37(23)15-18)35-6-8-36(9-7-35)25-29-12-21(13-30-25)26(38,16-27)20-2-4-22(28)5-3-20/h2-5,10-15,17,38H,6-9,16H2,1H3/t26-/m1/s1. The Morgan fingerprint density at radius 1 is 0.868 bits per heavy atom. The summed E-state index contributed by atoms with van der Waals surface area (Å²) >= 11 is 0. The zero-order valence-electron chi connectivity index (χ0n) is 20.6. The van der Waals surface area contributed by atoms with Crippen molar-refractivity contribution in [1.29, 1.82) is 0 Å². The molecule has 10 nitrogen and oxygen atoms in total. The van der Waals surface area contributed by atoms with Gasteiger partial charge in [0.2, 0.25) is 5.95 Å². The van der Waals surface area contributed by atoms with E-state index in [1.807, 2.05) is 35.1 Å². The third kappa shape index (κ3) is 4.22. The van der Waals surface area contributed by atoms with E-state index in [2.05, 4.69) is 36.1 Å². The summed E-state index contributed by atoms with van der Waals surface area (Å²) in [6, 6.07) is 7.15. The molecule has 5 heterocycles. The van der Waals surface area contributed by atoms with E-state index in [9.17, 15) is 13.9 Å². The summed E-state index contributed by atoms with van der Waals surface area (Å²) in [6.45, 7) is 1.59. The lowest BCUT2D eigenvalue weighted by molar-refractivity contribution is 0.0511. The molecule has 0 bridgehead atoms. The molecule has 194 valence electrons. The minimum absolute atomic E-state index is 0.204. The number of hydrogen-bond donors (Lipinski definition) is 1. The molecule has 1 N–H and O–H groups in total. The minimum atomic E-state index is -1.95. The first-order valence-electron chi connectivity index (χ1n) is 12.1. The second-order valence-electron chi connectivity index (χ2n) is 9.29. The van der Waals surface area contributed by atoms with Crippen LogP contribution < -0.4 is 9.80 Å². The Hall–Kier alpha value is -4.45. The lowest BCUT2D eigenvalue weighted by Crippen LogP contribution is -2.47. The normalized spacial score (nSPS) is 15.7. The van der Waals surface area contributed by atoms with Crippen LogP contribution in [0.4, 0.5) is 20.5 Å². The van der Waals surface area contributed by atoms with E-state index in [1.165, 1.54) is 36.7 Å². The zero-order chi connectivity index (χ0) is 26.3. The second kappa shape index (κ2) is 9.45. The van der Waals surface area contributed by atoms with Crippen molar-refractivity contribution in [3.63, 3.8) is 0 Å². The molecule has 0 aliphatic carbocycles. The summed E-state index contributed by atoms with van der Waals surface area (Å²) in [7, 11) is 1.88. The molecule has 1 aliphatic heterocycles. The van der Waals surface area contributed by atoms with Crippen LogP contribution in [0.3, 0.4) is 0 Å². The van der Waals surface area contributed by atoms with E-state index >= 15 is 0 Å². The van der Waals surface area contributed by atoms with Crippen molar-refractivity contribution < 1.29 is 13.9 Å². The lowest BCUT2D eigenvalue weighted by Gasteiger charge is -2.35. The highest BCUT2D eigenvalue weighted by atomic mass is 19.1. The fourth-order valence-corrected chi connectivity index (χ4v) is 4.75. The predicted octanol–water partition coefficient (Wildman–Crippen LogP) is 2.59.